The second-order valence-electron chi connectivity index (χ2n) is 12.2. The van der Waals surface area contributed by atoms with E-state index in [1.165, 1.54) is 76.2 Å². The molecule has 1 aliphatic rings. The fourth-order valence-corrected chi connectivity index (χ4v) is 5.78. The Kier molecular flexibility index (Phi) is 16.6. The van der Waals surface area contributed by atoms with Crippen LogP contribution < -0.4 is 10.1 Å². The molecule has 1 heterocycles. The number of nitrogens with zero attached hydrogens (tertiary/aromatic N) is 1. The first-order valence-corrected chi connectivity index (χ1v) is 16.6. The molecular weight excluding hydrogens is 592 g/mol. The van der Waals surface area contributed by atoms with E-state index in [1.807, 2.05) is 24.3 Å². The second-order valence-corrected chi connectivity index (χ2v) is 13.0. The van der Waals surface area contributed by atoms with Crippen LogP contribution in [0.4, 0.5) is 5.69 Å². The molecule has 2 aromatic rings. The smallest absolute Gasteiger partial charge is 0.255 e. The topological polar surface area (TPSA) is 41.6 Å². The molecule has 0 aliphatic carbocycles. The SMILES string of the molecule is Br.CCCCCCCCCCCCCCOc1cc(C(=O)Nc2ccc(CN3C=CSC3)cc2)ccc1C(C)(C)C. The van der Waals surface area contributed by atoms with Crippen molar-refractivity contribution >= 4 is 40.3 Å². The van der Waals surface area contributed by atoms with Crippen LogP contribution in [0.25, 0.3) is 0 Å². The van der Waals surface area contributed by atoms with Gasteiger partial charge in [-0.05, 0) is 52.6 Å². The van der Waals surface area contributed by atoms with Crippen molar-refractivity contribution in [2.24, 2.45) is 0 Å². The van der Waals surface area contributed by atoms with Crippen LogP contribution in [0.5, 0.6) is 5.75 Å². The standard InChI is InChI=1S/C35H52N2O2S.BrH/c1-5-6-7-8-9-10-11-12-13-14-15-16-24-39-33-26-30(19-22-32(33)35(2,3)4)34(38)36-31-20-17-29(18-21-31)27-37-23-25-40-28-37;/h17-23,25-26H,5-16,24,27-28H2,1-4H3,(H,36,38);1H. The number of hydrogen-bond donors (Lipinski definition) is 1. The Hall–Kier alpha value is -1.92. The van der Waals surface area contributed by atoms with Crippen molar-refractivity contribution in [3.8, 4) is 5.75 Å². The number of nitrogens with one attached hydrogen (secondary N) is 1. The van der Waals surface area contributed by atoms with Gasteiger partial charge in [-0.25, -0.2) is 0 Å². The fraction of sp³-hybridized carbons (Fsp3) is 0.571. The molecule has 0 saturated heterocycles. The minimum atomic E-state index is -0.109. The van der Waals surface area contributed by atoms with Gasteiger partial charge in [0.25, 0.3) is 5.91 Å². The molecule has 0 bridgehead atoms. The molecule has 0 saturated carbocycles. The van der Waals surface area contributed by atoms with E-state index in [-0.39, 0.29) is 28.3 Å². The molecule has 2 aromatic carbocycles. The molecule has 0 atom stereocenters. The van der Waals surface area contributed by atoms with Crippen molar-refractivity contribution < 1.29 is 9.53 Å². The predicted octanol–water partition coefficient (Wildman–Crippen LogP) is 10.9. The highest BCUT2D eigenvalue weighted by molar-refractivity contribution is 8.93. The Morgan fingerprint density at radius 3 is 2.05 bits per heavy atom. The molecule has 0 fully saturated rings. The summed E-state index contributed by atoms with van der Waals surface area (Å²) in [5, 5.41) is 5.18. The summed E-state index contributed by atoms with van der Waals surface area (Å²) < 4.78 is 6.28. The first-order valence-electron chi connectivity index (χ1n) is 15.6. The van der Waals surface area contributed by atoms with Crippen molar-refractivity contribution in [3.05, 3.63) is 70.8 Å². The van der Waals surface area contributed by atoms with Gasteiger partial charge in [0.05, 0.1) is 12.5 Å². The van der Waals surface area contributed by atoms with Crippen LogP contribution in [0.1, 0.15) is 126 Å². The van der Waals surface area contributed by atoms with E-state index in [1.54, 1.807) is 11.8 Å². The second kappa shape index (κ2) is 19.3. The van der Waals surface area contributed by atoms with E-state index in [2.05, 4.69) is 67.7 Å². The highest BCUT2D eigenvalue weighted by Crippen LogP contribution is 2.33. The van der Waals surface area contributed by atoms with Crippen molar-refractivity contribution in [1.82, 2.24) is 4.90 Å². The number of ether oxygens (including phenoxy) is 1. The zero-order valence-corrected chi connectivity index (χ0v) is 28.4. The van der Waals surface area contributed by atoms with Crippen LogP contribution >= 0.6 is 28.7 Å². The first kappa shape index (κ1) is 35.3. The number of rotatable bonds is 18. The van der Waals surface area contributed by atoms with E-state index in [0.717, 1.165) is 35.8 Å². The molecule has 0 radical (unpaired) electrons. The third-order valence-electron chi connectivity index (χ3n) is 7.51. The van der Waals surface area contributed by atoms with Gasteiger partial charge in [0, 0.05) is 24.0 Å². The van der Waals surface area contributed by atoms with E-state index < -0.39 is 0 Å². The lowest BCUT2D eigenvalue weighted by molar-refractivity contribution is 0.102. The molecule has 0 spiro atoms. The number of benzene rings is 2. The van der Waals surface area contributed by atoms with Crippen molar-refractivity contribution in [1.29, 1.82) is 0 Å². The Bertz CT molecular complexity index is 1050. The molecule has 6 heteroatoms. The fourth-order valence-electron chi connectivity index (χ4n) is 5.07. The number of carbonyl (C=O) groups excluding carboxylic acids is 1. The first-order chi connectivity index (χ1) is 19.4. The van der Waals surface area contributed by atoms with E-state index in [0.29, 0.717) is 12.2 Å². The summed E-state index contributed by atoms with van der Waals surface area (Å²) in [6.45, 7) is 10.4. The van der Waals surface area contributed by atoms with Crippen LogP contribution in [-0.4, -0.2) is 23.3 Å². The van der Waals surface area contributed by atoms with Gasteiger partial charge in [-0.3, -0.25) is 4.79 Å². The monoisotopic (exact) mass is 644 g/mol. The number of unbranched alkanes of at least 4 members (excludes halogenated alkanes) is 11. The number of carbonyl (C=O) groups is 1. The maximum atomic E-state index is 13.1. The molecule has 41 heavy (non-hydrogen) atoms. The molecule has 0 unspecified atom stereocenters. The molecule has 228 valence electrons. The summed E-state index contributed by atoms with van der Waals surface area (Å²) in [7, 11) is 0. The third kappa shape index (κ3) is 13.3. The lowest BCUT2D eigenvalue weighted by atomic mass is 9.85. The molecular formula is C35H53BrN2O2S. The molecule has 1 aliphatic heterocycles. The molecule has 4 nitrogen and oxygen atoms in total. The summed E-state index contributed by atoms with van der Waals surface area (Å²) in [5.41, 5.74) is 3.74. The van der Waals surface area contributed by atoms with Crippen molar-refractivity contribution in [2.75, 3.05) is 17.8 Å². The van der Waals surface area contributed by atoms with Crippen LogP contribution in [0.3, 0.4) is 0 Å². The zero-order valence-electron chi connectivity index (χ0n) is 25.9. The van der Waals surface area contributed by atoms with Crippen molar-refractivity contribution in [3.63, 3.8) is 0 Å². The van der Waals surface area contributed by atoms with E-state index in [4.69, 9.17) is 4.74 Å². The Morgan fingerprint density at radius 1 is 0.878 bits per heavy atom. The largest absolute Gasteiger partial charge is 0.493 e. The quantitative estimate of drug-likeness (QED) is 0.164. The number of halogens is 1. The summed E-state index contributed by atoms with van der Waals surface area (Å²) in [6, 6.07) is 14.0. The molecule has 1 amide bonds. The van der Waals surface area contributed by atoms with E-state index >= 15 is 0 Å². The Balaban J connectivity index is 0.00000588. The highest BCUT2D eigenvalue weighted by atomic mass is 79.9. The number of thioether (sulfide) groups is 1. The van der Waals surface area contributed by atoms with Crippen LogP contribution in [0.15, 0.2) is 54.1 Å². The molecule has 0 aromatic heterocycles. The predicted molar refractivity (Wildman–Crippen MR) is 184 cm³/mol. The minimum absolute atomic E-state index is 0. The number of hydrogen-bond acceptors (Lipinski definition) is 4. The summed E-state index contributed by atoms with van der Waals surface area (Å²) in [5.74, 6) is 1.71. The lowest BCUT2D eigenvalue weighted by Crippen LogP contribution is -2.17. The summed E-state index contributed by atoms with van der Waals surface area (Å²) >= 11 is 1.81. The molecule has 3 rings (SSSR count). The van der Waals surface area contributed by atoms with Gasteiger partial charge in [0.2, 0.25) is 0 Å². The average molecular weight is 646 g/mol. The maximum absolute atomic E-state index is 13.1. The van der Waals surface area contributed by atoms with Crippen LogP contribution in [0.2, 0.25) is 0 Å². The van der Waals surface area contributed by atoms with Gasteiger partial charge in [0.15, 0.2) is 0 Å². The highest BCUT2D eigenvalue weighted by Gasteiger charge is 2.21. The molecule has 1 N–H and O–H groups in total. The third-order valence-corrected chi connectivity index (χ3v) is 8.31. The normalized spacial score (nSPS) is 12.8. The van der Waals surface area contributed by atoms with Gasteiger partial charge in [-0.2, -0.15) is 0 Å². The minimum Gasteiger partial charge on any atom is -0.493 e. The Morgan fingerprint density at radius 2 is 1.49 bits per heavy atom. The lowest BCUT2D eigenvalue weighted by Gasteiger charge is -2.23. The maximum Gasteiger partial charge on any atom is 0.255 e. The summed E-state index contributed by atoms with van der Waals surface area (Å²) in [4.78, 5) is 15.4. The average Bonchev–Trinajstić information content (AvgIpc) is 3.45. The van der Waals surface area contributed by atoms with Gasteiger partial charge in [-0.15, -0.1) is 28.7 Å². The van der Waals surface area contributed by atoms with Crippen LogP contribution in [-0.2, 0) is 12.0 Å². The number of anilines is 1. The van der Waals surface area contributed by atoms with E-state index in [9.17, 15) is 4.79 Å². The zero-order chi connectivity index (χ0) is 28.6. The van der Waals surface area contributed by atoms with Gasteiger partial charge < -0.3 is 15.0 Å². The van der Waals surface area contributed by atoms with Crippen LogP contribution in [0, 0.1) is 0 Å². The number of amides is 1. The van der Waals surface area contributed by atoms with Gasteiger partial charge in [-0.1, -0.05) is 117 Å². The van der Waals surface area contributed by atoms with Gasteiger partial charge >= 0.3 is 0 Å². The summed E-state index contributed by atoms with van der Waals surface area (Å²) in [6.07, 6.45) is 18.1. The van der Waals surface area contributed by atoms with Crippen molar-refractivity contribution in [2.45, 2.75) is 117 Å². The van der Waals surface area contributed by atoms with Gasteiger partial charge in [0.1, 0.15) is 5.75 Å². The Labute approximate surface area is 264 Å².